The smallest absolute Gasteiger partial charge is 0.333 e. The molecule has 0 aromatic heterocycles. The molecule has 4 rings (SSSR count). The molecule has 3 amide bonds. The minimum absolute atomic E-state index is 0.176. The van der Waals surface area contributed by atoms with E-state index in [4.69, 9.17) is 16.3 Å². The maximum atomic E-state index is 13.0. The van der Waals surface area contributed by atoms with Crippen molar-refractivity contribution in [1.29, 1.82) is 0 Å². The van der Waals surface area contributed by atoms with Crippen LogP contribution < -0.4 is 9.64 Å². The Bertz CT molecular complexity index is 841. The number of ether oxygens (including phenoxy) is 1. The average Bonchev–Trinajstić information content (AvgIpc) is 3.18. The molecule has 2 aliphatic rings. The summed E-state index contributed by atoms with van der Waals surface area (Å²) in [6.07, 6.45) is 0. The molecule has 5 nitrogen and oxygen atoms in total. The second kappa shape index (κ2) is 6.85. The van der Waals surface area contributed by atoms with Crippen molar-refractivity contribution in [2.24, 2.45) is 0 Å². The van der Waals surface area contributed by atoms with Gasteiger partial charge < -0.3 is 4.74 Å². The van der Waals surface area contributed by atoms with E-state index in [-0.39, 0.29) is 17.3 Å². The van der Waals surface area contributed by atoms with Crippen LogP contribution in [0.15, 0.2) is 48.5 Å². The van der Waals surface area contributed by atoms with Crippen LogP contribution in [0.2, 0.25) is 5.02 Å². The van der Waals surface area contributed by atoms with Gasteiger partial charge in [0.25, 0.3) is 5.91 Å². The monoisotopic (exact) mass is 388 g/mol. The number of amides is 3. The number of thioether (sulfide) groups is 1. The fourth-order valence-corrected chi connectivity index (χ4v) is 4.81. The van der Waals surface area contributed by atoms with Gasteiger partial charge in [0.15, 0.2) is 0 Å². The van der Waals surface area contributed by atoms with E-state index in [9.17, 15) is 9.59 Å². The van der Waals surface area contributed by atoms with Crippen LogP contribution in [-0.4, -0.2) is 35.2 Å². The number of fused-ring (bicyclic) bond motifs is 1. The number of imide groups is 1. The number of anilines is 1. The summed E-state index contributed by atoms with van der Waals surface area (Å²) < 4.78 is 5.47. The van der Waals surface area contributed by atoms with E-state index in [0.717, 1.165) is 11.3 Å². The second-order valence-electron chi connectivity index (χ2n) is 6.04. The van der Waals surface area contributed by atoms with Gasteiger partial charge >= 0.3 is 6.03 Å². The van der Waals surface area contributed by atoms with Crippen LogP contribution >= 0.6 is 23.4 Å². The number of hydrogen-bond donors (Lipinski definition) is 0. The molecule has 1 unspecified atom stereocenters. The number of nitrogens with zero attached hydrogens (tertiary/aromatic N) is 2. The third kappa shape index (κ3) is 2.83. The van der Waals surface area contributed by atoms with Crippen molar-refractivity contribution in [3.63, 3.8) is 0 Å². The number of hydrogen-bond acceptors (Lipinski definition) is 4. The first kappa shape index (κ1) is 17.2. The predicted octanol–water partition coefficient (Wildman–Crippen LogP) is 4.32. The molecule has 0 bridgehead atoms. The quantitative estimate of drug-likeness (QED) is 0.732. The van der Waals surface area contributed by atoms with Crippen LogP contribution in [0.3, 0.4) is 0 Å². The Kier molecular flexibility index (Phi) is 4.54. The molecule has 2 aromatic rings. The molecular weight excluding hydrogens is 372 g/mol. The Morgan fingerprint density at radius 3 is 2.46 bits per heavy atom. The van der Waals surface area contributed by atoms with Gasteiger partial charge in [-0.1, -0.05) is 23.7 Å². The van der Waals surface area contributed by atoms with E-state index in [0.29, 0.717) is 23.1 Å². The highest BCUT2D eigenvalue weighted by Crippen LogP contribution is 2.46. The number of carbonyl (C=O) groups excluding carboxylic acids is 2. The van der Waals surface area contributed by atoms with Gasteiger partial charge in [-0.05, 0) is 48.9 Å². The first-order valence-electron chi connectivity index (χ1n) is 8.36. The van der Waals surface area contributed by atoms with E-state index < -0.39 is 6.04 Å². The normalized spacial score (nSPS) is 22.1. The third-order valence-electron chi connectivity index (χ3n) is 4.48. The van der Waals surface area contributed by atoms with Gasteiger partial charge in [0.05, 0.1) is 12.3 Å². The van der Waals surface area contributed by atoms with Gasteiger partial charge in [-0.3, -0.25) is 9.69 Å². The molecule has 0 radical (unpaired) electrons. The summed E-state index contributed by atoms with van der Waals surface area (Å²) >= 11 is 7.52. The molecule has 0 aliphatic carbocycles. The summed E-state index contributed by atoms with van der Waals surface area (Å²) in [4.78, 5) is 28.7. The fraction of sp³-hybridized carbons (Fsp3) is 0.263. The molecule has 0 N–H and O–H groups in total. The zero-order chi connectivity index (χ0) is 18.3. The lowest BCUT2D eigenvalue weighted by atomic mass is 10.2. The molecule has 134 valence electrons. The summed E-state index contributed by atoms with van der Waals surface area (Å²) in [5.74, 6) is 1.20. The van der Waals surface area contributed by atoms with E-state index in [1.165, 1.54) is 4.90 Å². The van der Waals surface area contributed by atoms with Crippen molar-refractivity contribution in [3.8, 4) is 5.75 Å². The number of benzene rings is 2. The lowest BCUT2D eigenvalue weighted by molar-refractivity contribution is -0.119. The molecule has 2 saturated heterocycles. The summed E-state index contributed by atoms with van der Waals surface area (Å²) in [6.45, 7) is 2.54. The Morgan fingerprint density at radius 2 is 1.81 bits per heavy atom. The van der Waals surface area contributed by atoms with Crippen LogP contribution in [-0.2, 0) is 4.79 Å². The lowest BCUT2D eigenvalue weighted by Gasteiger charge is -2.23. The van der Waals surface area contributed by atoms with Gasteiger partial charge in [-0.25, -0.2) is 9.69 Å². The molecule has 2 aliphatic heterocycles. The maximum absolute atomic E-state index is 13.0. The van der Waals surface area contributed by atoms with Gasteiger partial charge in [0.1, 0.15) is 17.2 Å². The van der Waals surface area contributed by atoms with E-state index >= 15 is 0 Å². The van der Waals surface area contributed by atoms with Crippen LogP contribution in [0.1, 0.15) is 17.9 Å². The van der Waals surface area contributed by atoms with Gasteiger partial charge in [-0.2, -0.15) is 0 Å². The summed E-state index contributed by atoms with van der Waals surface area (Å²) in [6, 6.07) is 13.7. The molecule has 2 fully saturated rings. The molecular formula is C19H17ClN2O3S. The number of carbonyl (C=O) groups is 2. The maximum Gasteiger partial charge on any atom is 0.333 e. The largest absolute Gasteiger partial charge is 0.494 e. The standard InChI is InChI=1S/C19H17ClN2O3S/c1-2-25-15-9-3-12(4-10-15)18-22-16(11-26-18)17(23)21(19(22)24)14-7-5-13(20)6-8-14/h3-10,16,18H,2,11H2,1H3/t16-,18?/m1/s1. The van der Waals surface area contributed by atoms with Crippen molar-refractivity contribution in [3.05, 3.63) is 59.1 Å². The summed E-state index contributed by atoms with van der Waals surface area (Å²) in [7, 11) is 0. The van der Waals surface area contributed by atoms with Crippen molar-refractivity contribution < 1.29 is 14.3 Å². The molecule has 0 spiro atoms. The Hall–Kier alpha value is -2.18. The summed E-state index contributed by atoms with van der Waals surface area (Å²) in [5, 5.41) is 0.389. The Balaban J connectivity index is 1.61. The average molecular weight is 389 g/mol. The van der Waals surface area contributed by atoms with E-state index in [1.54, 1.807) is 40.9 Å². The minimum atomic E-state index is -0.431. The first-order valence-corrected chi connectivity index (χ1v) is 9.79. The first-order chi connectivity index (χ1) is 12.6. The third-order valence-corrected chi connectivity index (χ3v) is 6.05. The SMILES string of the molecule is CCOc1ccc(C2SC[C@@H]3C(=O)N(c4ccc(Cl)cc4)C(=O)N23)cc1. The van der Waals surface area contributed by atoms with Crippen molar-refractivity contribution in [2.45, 2.75) is 18.3 Å². The highest BCUT2D eigenvalue weighted by molar-refractivity contribution is 7.99. The number of halogens is 1. The number of urea groups is 1. The Labute approximate surface area is 160 Å². The molecule has 2 aromatic carbocycles. The van der Waals surface area contributed by atoms with Gasteiger partial charge in [-0.15, -0.1) is 11.8 Å². The molecule has 26 heavy (non-hydrogen) atoms. The molecule has 2 heterocycles. The van der Waals surface area contributed by atoms with E-state index in [2.05, 4.69) is 0 Å². The summed E-state index contributed by atoms with van der Waals surface area (Å²) in [5.41, 5.74) is 1.54. The zero-order valence-electron chi connectivity index (χ0n) is 14.1. The number of rotatable bonds is 4. The van der Waals surface area contributed by atoms with Crippen LogP contribution in [0.5, 0.6) is 5.75 Å². The van der Waals surface area contributed by atoms with E-state index in [1.807, 2.05) is 31.2 Å². The van der Waals surface area contributed by atoms with Crippen molar-refractivity contribution >= 4 is 41.0 Å². The predicted molar refractivity (Wildman–Crippen MR) is 103 cm³/mol. The van der Waals surface area contributed by atoms with Crippen LogP contribution in [0.4, 0.5) is 10.5 Å². The lowest BCUT2D eigenvalue weighted by Crippen LogP contribution is -2.33. The van der Waals surface area contributed by atoms with Gasteiger partial charge in [0.2, 0.25) is 0 Å². The fourth-order valence-electron chi connectivity index (χ4n) is 3.27. The second-order valence-corrected chi connectivity index (χ2v) is 7.59. The Morgan fingerprint density at radius 1 is 1.12 bits per heavy atom. The van der Waals surface area contributed by atoms with Crippen LogP contribution in [0, 0.1) is 0 Å². The topological polar surface area (TPSA) is 49.9 Å². The van der Waals surface area contributed by atoms with Gasteiger partial charge in [0, 0.05) is 10.8 Å². The zero-order valence-corrected chi connectivity index (χ0v) is 15.7. The highest BCUT2D eigenvalue weighted by atomic mass is 35.5. The van der Waals surface area contributed by atoms with Crippen molar-refractivity contribution in [2.75, 3.05) is 17.3 Å². The highest BCUT2D eigenvalue weighted by Gasteiger charge is 2.53. The molecule has 7 heteroatoms. The van der Waals surface area contributed by atoms with Crippen molar-refractivity contribution in [1.82, 2.24) is 4.90 Å². The molecule has 2 atom stereocenters. The minimum Gasteiger partial charge on any atom is -0.494 e. The van der Waals surface area contributed by atoms with Crippen LogP contribution in [0.25, 0.3) is 0 Å². The molecule has 0 saturated carbocycles.